The van der Waals surface area contributed by atoms with E-state index in [-0.39, 0.29) is 17.7 Å². The number of rotatable bonds is 6. The van der Waals surface area contributed by atoms with E-state index >= 15 is 0 Å². The summed E-state index contributed by atoms with van der Waals surface area (Å²) in [6, 6.07) is 2.86. The third kappa shape index (κ3) is 4.78. The summed E-state index contributed by atoms with van der Waals surface area (Å²) in [6.45, 7) is 2.02. The topological polar surface area (TPSA) is 106 Å². The van der Waals surface area contributed by atoms with Crippen molar-refractivity contribution in [2.24, 2.45) is 11.7 Å². The molecule has 2 heterocycles. The predicted octanol–water partition coefficient (Wildman–Crippen LogP) is -0.318. The van der Waals surface area contributed by atoms with Gasteiger partial charge in [-0.2, -0.15) is 0 Å². The van der Waals surface area contributed by atoms with Crippen LogP contribution in [-0.2, 0) is 9.53 Å². The fourth-order valence-electron chi connectivity index (χ4n) is 2.37. The van der Waals surface area contributed by atoms with E-state index in [0.29, 0.717) is 31.9 Å². The van der Waals surface area contributed by atoms with Gasteiger partial charge in [0.05, 0.1) is 11.6 Å². The summed E-state index contributed by atoms with van der Waals surface area (Å²) in [6.07, 6.45) is 4.72. The minimum Gasteiger partial charge on any atom is -0.381 e. The number of amides is 2. The zero-order chi connectivity index (χ0) is 15.8. The van der Waals surface area contributed by atoms with Crippen molar-refractivity contribution in [3.8, 4) is 0 Å². The molecule has 0 radical (unpaired) electrons. The summed E-state index contributed by atoms with van der Waals surface area (Å²) in [4.78, 5) is 27.6. The second kappa shape index (κ2) is 8.45. The first-order chi connectivity index (χ1) is 10.7. The molecule has 0 aliphatic carbocycles. The summed E-state index contributed by atoms with van der Waals surface area (Å²) in [5.74, 6) is -0.225. The van der Waals surface area contributed by atoms with Gasteiger partial charge in [0.2, 0.25) is 5.91 Å². The van der Waals surface area contributed by atoms with Crippen LogP contribution < -0.4 is 16.4 Å². The fourth-order valence-corrected chi connectivity index (χ4v) is 2.37. The van der Waals surface area contributed by atoms with Crippen LogP contribution in [-0.4, -0.2) is 49.1 Å². The van der Waals surface area contributed by atoms with Crippen LogP contribution in [0.5, 0.6) is 0 Å². The van der Waals surface area contributed by atoms with Crippen molar-refractivity contribution in [1.29, 1.82) is 0 Å². The van der Waals surface area contributed by atoms with Gasteiger partial charge in [-0.15, -0.1) is 0 Å². The second-order valence-electron chi connectivity index (χ2n) is 5.26. The first kappa shape index (κ1) is 16.4. The number of nitrogens with one attached hydrogen (secondary N) is 2. The average molecular weight is 306 g/mol. The Kier molecular flexibility index (Phi) is 6.29. The maximum Gasteiger partial charge on any atom is 0.252 e. The highest BCUT2D eigenvalue weighted by atomic mass is 16.5. The van der Waals surface area contributed by atoms with E-state index < -0.39 is 6.04 Å². The lowest BCUT2D eigenvalue weighted by Gasteiger charge is -2.26. The van der Waals surface area contributed by atoms with Gasteiger partial charge >= 0.3 is 0 Å². The van der Waals surface area contributed by atoms with Crippen LogP contribution in [0.2, 0.25) is 0 Å². The Labute approximate surface area is 129 Å². The Morgan fingerprint density at radius 2 is 2.05 bits per heavy atom. The number of nitrogens with zero attached hydrogens (tertiary/aromatic N) is 1. The number of aromatic nitrogens is 1. The number of nitrogens with two attached hydrogens (primary N) is 1. The molecule has 1 aromatic rings. The van der Waals surface area contributed by atoms with Gasteiger partial charge in [-0.25, -0.2) is 0 Å². The van der Waals surface area contributed by atoms with E-state index in [9.17, 15) is 9.59 Å². The van der Waals surface area contributed by atoms with Crippen LogP contribution in [0, 0.1) is 5.92 Å². The number of pyridine rings is 1. The Balaban J connectivity index is 1.65. The summed E-state index contributed by atoms with van der Waals surface area (Å²) < 4.78 is 5.26. The molecule has 120 valence electrons. The number of ether oxygens (including phenoxy) is 1. The van der Waals surface area contributed by atoms with Gasteiger partial charge in [0.25, 0.3) is 5.91 Å². The van der Waals surface area contributed by atoms with Crippen LogP contribution in [0.15, 0.2) is 24.5 Å². The van der Waals surface area contributed by atoms with Gasteiger partial charge in [-0.1, -0.05) is 0 Å². The van der Waals surface area contributed by atoms with Crippen LogP contribution in [0.1, 0.15) is 23.2 Å². The monoisotopic (exact) mass is 306 g/mol. The van der Waals surface area contributed by atoms with Crippen molar-refractivity contribution >= 4 is 11.8 Å². The van der Waals surface area contributed by atoms with Gasteiger partial charge in [0.1, 0.15) is 0 Å². The minimum atomic E-state index is -0.516. The molecule has 1 saturated heterocycles. The first-order valence-corrected chi connectivity index (χ1v) is 7.47. The highest BCUT2D eigenvalue weighted by Gasteiger charge is 2.26. The van der Waals surface area contributed by atoms with Gasteiger partial charge < -0.3 is 21.1 Å². The molecule has 0 bridgehead atoms. The quantitative estimate of drug-likeness (QED) is 0.625. The van der Waals surface area contributed by atoms with Crippen molar-refractivity contribution < 1.29 is 14.3 Å². The van der Waals surface area contributed by atoms with E-state index in [0.717, 1.165) is 12.8 Å². The lowest BCUT2D eigenvalue weighted by atomic mass is 9.92. The van der Waals surface area contributed by atoms with Crippen molar-refractivity contribution in [3.05, 3.63) is 30.1 Å². The molecule has 0 aromatic carbocycles. The SMILES string of the molecule is NC(C(=O)NCCNC(=O)c1cccnc1)C1CCOCC1. The van der Waals surface area contributed by atoms with Crippen molar-refractivity contribution in [1.82, 2.24) is 15.6 Å². The largest absolute Gasteiger partial charge is 0.381 e. The molecule has 1 aromatic heterocycles. The Morgan fingerprint density at radius 3 is 2.73 bits per heavy atom. The number of hydrogen-bond donors (Lipinski definition) is 3. The Morgan fingerprint density at radius 1 is 1.32 bits per heavy atom. The molecule has 1 unspecified atom stereocenters. The molecular formula is C15H22N4O3. The molecular weight excluding hydrogens is 284 g/mol. The molecule has 7 nitrogen and oxygen atoms in total. The van der Waals surface area contributed by atoms with Crippen molar-refractivity contribution in [3.63, 3.8) is 0 Å². The highest BCUT2D eigenvalue weighted by Crippen LogP contribution is 2.17. The van der Waals surface area contributed by atoms with Gasteiger partial charge in [0.15, 0.2) is 0 Å². The maximum absolute atomic E-state index is 12.0. The summed E-state index contributed by atoms with van der Waals surface area (Å²) in [5.41, 5.74) is 6.46. The number of carbonyl (C=O) groups excluding carboxylic acids is 2. The Bertz CT molecular complexity index is 489. The molecule has 1 aliphatic heterocycles. The molecule has 4 N–H and O–H groups in total. The van der Waals surface area contributed by atoms with Crippen molar-refractivity contribution in [2.45, 2.75) is 18.9 Å². The third-order valence-corrected chi connectivity index (χ3v) is 3.71. The van der Waals surface area contributed by atoms with Gasteiger partial charge in [0, 0.05) is 38.7 Å². The standard InChI is InChI=1S/C15H22N4O3/c16-13(11-3-8-22-9-4-11)15(21)19-7-6-18-14(20)12-2-1-5-17-10-12/h1-2,5,10-11,13H,3-4,6-9,16H2,(H,18,20)(H,19,21). The molecule has 2 amide bonds. The normalized spacial score (nSPS) is 16.8. The van der Waals surface area contributed by atoms with E-state index in [2.05, 4.69) is 15.6 Å². The van der Waals surface area contributed by atoms with Gasteiger partial charge in [-0.05, 0) is 30.9 Å². The van der Waals surface area contributed by atoms with E-state index in [4.69, 9.17) is 10.5 Å². The lowest BCUT2D eigenvalue weighted by Crippen LogP contribution is -2.48. The minimum absolute atomic E-state index is 0.165. The predicted molar refractivity (Wildman–Crippen MR) is 81.1 cm³/mol. The zero-order valence-electron chi connectivity index (χ0n) is 12.5. The highest BCUT2D eigenvalue weighted by molar-refractivity contribution is 5.93. The molecule has 1 atom stereocenters. The van der Waals surface area contributed by atoms with Crippen LogP contribution in [0.25, 0.3) is 0 Å². The number of carbonyl (C=O) groups is 2. The third-order valence-electron chi connectivity index (χ3n) is 3.71. The molecule has 1 aliphatic rings. The molecule has 2 rings (SSSR count). The molecule has 22 heavy (non-hydrogen) atoms. The molecule has 7 heteroatoms. The van der Waals surface area contributed by atoms with Crippen LogP contribution >= 0.6 is 0 Å². The summed E-state index contributed by atoms with van der Waals surface area (Å²) in [7, 11) is 0. The maximum atomic E-state index is 12.0. The Hall–Kier alpha value is -1.99. The van der Waals surface area contributed by atoms with E-state index in [1.165, 1.54) is 6.20 Å². The lowest BCUT2D eigenvalue weighted by molar-refractivity contribution is -0.124. The fraction of sp³-hybridized carbons (Fsp3) is 0.533. The first-order valence-electron chi connectivity index (χ1n) is 7.47. The summed E-state index contributed by atoms with van der Waals surface area (Å²) >= 11 is 0. The van der Waals surface area contributed by atoms with E-state index in [1.54, 1.807) is 18.3 Å². The molecule has 1 fully saturated rings. The zero-order valence-corrected chi connectivity index (χ0v) is 12.5. The molecule has 0 saturated carbocycles. The van der Waals surface area contributed by atoms with Crippen LogP contribution in [0.3, 0.4) is 0 Å². The van der Waals surface area contributed by atoms with Crippen LogP contribution in [0.4, 0.5) is 0 Å². The smallest absolute Gasteiger partial charge is 0.252 e. The molecule has 0 spiro atoms. The number of hydrogen-bond acceptors (Lipinski definition) is 5. The van der Waals surface area contributed by atoms with Gasteiger partial charge in [-0.3, -0.25) is 14.6 Å². The van der Waals surface area contributed by atoms with Crippen molar-refractivity contribution in [2.75, 3.05) is 26.3 Å². The second-order valence-corrected chi connectivity index (χ2v) is 5.26. The average Bonchev–Trinajstić information content (AvgIpc) is 2.59. The van der Waals surface area contributed by atoms with E-state index in [1.807, 2.05) is 0 Å². The summed E-state index contributed by atoms with van der Waals surface area (Å²) in [5, 5.41) is 5.47.